The van der Waals surface area contributed by atoms with Crippen molar-refractivity contribution in [3.05, 3.63) is 41.7 Å². The Balaban J connectivity index is 2.08. The van der Waals surface area contributed by atoms with Gasteiger partial charge in [0.05, 0.1) is 26.7 Å². The second kappa shape index (κ2) is 8.26. The molecule has 7 heteroatoms. The highest BCUT2D eigenvalue weighted by molar-refractivity contribution is 5.91. The van der Waals surface area contributed by atoms with Gasteiger partial charge in [0.15, 0.2) is 5.82 Å². The van der Waals surface area contributed by atoms with Gasteiger partial charge >= 0.3 is 0 Å². The Hall–Kier alpha value is -2.67. The fourth-order valence-corrected chi connectivity index (χ4v) is 2.20. The van der Waals surface area contributed by atoms with Gasteiger partial charge in [-0.3, -0.25) is 4.79 Å². The number of hydrogen-bond donors (Lipinski definition) is 2. The largest absolute Gasteiger partial charge is 0.481 e. The fourth-order valence-electron chi connectivity index (χ4n) is 2.20. The third kappa shape index (κ3) is 4.42. The van der Waals surface area contributed by atoms with Crippen LogP contribution in [0.3, 0.4) is 0 Å². The highest BCUT2D eigenvalue weighted by atomic mass is 16.5. The second-order valence-electron chi connectivity index (χ2n) is 5.09. The highest BCUT2D eigenvalue weighted by Gasteiger charge is 2.19. The van der Waals surface area contributed by atoms with Crippen LogP contribution in [0.4, 0.5) is 5.69 Å². The summed E-state index contributed by atoms with van der Waals surface area (Å²) in [5, 5.41) is 13.0. The van der Waals surface area contributed by atoms with Gasteiger partial charge < -0.3 is 19.9 Å². The second-order valence-corrected chi connectivity index (χ2v) is 5.09. The van der Waals surface area contributed by atoms with E-state index in [9.17, 15) is 9.90 Å². The molecule has 24 heavy (non-hydrogen) atoms. The molecule has 1 aromatic heterocycles. The Bertz CT molecular complexity index is 684. The average molecular weight is 331 g/mol. The third-order valence-corrected chi connectivity index (χ3v) is 3.46. The van der Waals surface area contributed by atoms with Crippen LogP contribution in [0.15, 0.2) is 30.3 Å². The average Bonchev–Trinajstić information content (AvgIpc) is 2.61. The van der Waals surface area contributed by atoms with Crippen molar-refractivity contribution in [3.63, 3.8) is 0 Å². The van der Waals surface area contributed by atoms with Crippen molar-refractivity contribution in [1.82, 2.24) is 9.97 Å². The van der Waals surface area contributed by atoms with Crippen LogP contribution in [0.5, 0.6) is 11.8 Å². The van der Waals surface area contributed by atoms with Gasteiger partial charge in [0.25, 0.3) is 0 Å². The predicted octanol–water partition coefficient (Wildman–Crippen LogP) is 2.12. The van der Waals surface area contributed by atoms with Crippen LogP contribution in [0.1, 0.15) is 30.8 Å². The number of methoxy groups -OCH3 is 2. The lowest BCUT2D eigenvalue weighted by Crippen LogP contribution is -2.18. The molecule has 0 aliphatic heterocycles. The smallest absolute Gasteiger partial charge is 0.227 e. The number of ether oxygens (including phenoxy) is 2. The molecule has 1 atom stereocenters. The standard InChI is InChI=1S/C17H21N3O4/c1-4-11-7-5-6-8-12(11)18-14(22)9-13(21)17-19-15(23-2)10-16(20-17)24-3/h5-8,10,13,21H,4,9H2,1-3H3,(H,18,22). The summed E-state index contributed by atoms with van der Waals surface area (Å²) >= 11 is 0. The molecule has 2 aromatic rings. The summed E-state index contributed by atoms with van der Waals surface area (Å²) in [6, 6.07) is 9.03. The maximum absolute atomic E-state index is 12.2. The zero-order valence-electron chi connectivity index (χ0n) is 13.9. The molecule has 0 aliphatic rings. The summed E-state index contributed by atoms with van der Waals surface area (Å²) in [5.41, 5.74) is 1.76. The van der Waals surface area contributed by atoms with Gasteiger partial charge in [-0.25, -0.2) is 0 Å². The highest BCUT2D eigenvalue weighted by Crippen LogP contribution is 2.22. The molecule has 0 radical (unpaired) electrons. The molecule has 0 spiro atoms. The first kappa shape index (κ1) is 17.7. The molecule has 2 N–H and O–H groups in total. The van der Waals surface area contributed by atoms with Gasteiger partial charge in [0.1, 0.15) is 6.10 Å². The Labute approximate surface area is 140 Å². The molecule has 1 unspecified atom stereocenters. The van der Waals surface area contributed by atoms with Crippen molar-refractivity contribution in [1.29, 1.82) is 0 Å². The number of rotatable bonds is 7. The summed E-state index contributed by atoms with van der Waals surface area (Å²) in [6.07, 6.45) is -0.536. The molecule has 1 heterocycles. The Kier molecular flexibility index (Phi) is 6.08. The summed E-state index contributed by atoms with van der Waals surface area (Å²) in [5.74, 6) is 0.263. The van der Waals surface area contributed by atoms with Crippen LogP contribution in [0.25, 0.3) is 0 Å². The van der Waals surface area contributed by atoms with Crippen LogP contribution in [0.2, 0.25) is 0 Å². The molecule has 2 rings (SSSR count). The first-order chi connectivity index (χ1) is 11.6. The summed E-state index contributed by atoms with van der Waals surface area (Å²) < 4.78 is 10.1. The molecule has 0 aliphatic carbocycles. The predicted molar refractivity (Wildman–Crippen MR) is 89.2 cm³/mol. The number of nitrogens with zero attached hydrogens (tertiary/aromatic N) is 2. The van der Waals surface area contributed by atoms with E-state index in [-0.39, 0.29) is 29.9 Å². The van der Waals surface area contributed by atoms with Crippen LogP contribution in [-0.4, -0.2) is 35.2 Å². The summed E-state index contributed by atoms with van der Waals surface area (Å²) in [7, 11) is 2.90. The maximum atomic E-state index is 12.2. The van der Waals surface area contributed by atoms with E-state index in [0.29, 0.717) is 0 Å². The number of aryl methyl sites for hydroxylation is 1. The number of amides is 1. The Morgan fingerprint density at radius 1 is 1.21 bits per heavy atom. The Morgan fingerprint density at radius 3 is 2.42 bits per heavy atom. The summed E-state index contributed by atoms with van der Waals surface area (Å²) in [4.78, 5) is 20.3. The topological polar surface area (TPSA) is 93.6 Å². The molecule has 7 nitrogen and oxygen atoms in total. The van der Waals surface area contributed by atoms with Crippen LogP contribution < -0.4 is 14.8 Å². The van der Waals surface area contributed by atoms with E-state index in [1.54, 1.807) is 0 Å². The van der Waals surface area contributed by atoms with Gasteiger partial charge in [0, 0.05) is 5.69 Å². The number of benzene rings is 1. The number of aliphatic hydroxyl groups excluding tert-OH is 1. The zero-order valence-corrected chi connectivity index (χ0v) is 13.9. The lowest BCUT2D eigenvalue weighted by molar-refractivity contribution is -0.118. The van der Waals surface area contributed by atoms with E-state index < -0.39 is 6.10 Å². The molecular formula is C17H21N3O4. The maximum Gasteiger partial charge on any atom is 0.227 e. The molecule has 1 amide bonds. The van der Waals surface area contributed by atoms with E-state index >= 15 is 0 Å². The van der Waals surface area contributed by atoms with Crippen molar-refractivity contribution in [3.8, 4) is 11.8 Å². The van der Waals surface area contributed by atoms with Crippen molar-refractivity contribution in [2.75, 3.05) is 19.5 Å². The van der Waals surface area contributed by atoms with E-state index in [1.165, 1.54) is 20.3 Å². The number of carbonyl (C=O) groups is 1. The first-order valence-electron chi connectivity index (χ1n) is 7.60. The van der Waals surface area contributed by atoms with E-state index in [0.717, 1.165) is 17.7 Å². The van der Waals surface area contributed by atoms with Gasteiger partial charge in [-0.15, -0.1) is 0 Å². The SMILES string of the molecule is CCc1ccccc1NC(=O)CC(O)c1nc(OC)cc(OC)n1. The molecular weight excluding hydrogens is 310 g/mol. The number of carbonyl (C=O) groups excluding carboxylic acids is 1. The molecule has 0 fully saturated rings. The van der Waals surface area contributed by atoms with Crippen molar-refractivity contribution in [2.24, 2.45) is 0 Å². The van der Waals surface area contributed by atoms with E-state index in [1.807, 2.05) is 31.2 Å². The van der Waals surface area contributed by atoms with Gasteiger partial charge in [-0.1, -0.05) is 25.1 Å². The monoisotopic (exact) mass is 331 g/mol. The van der Waals surface area contributed by atoms with Gasteiger partial charge in [-0.05, 0) is 18.1 Å². The molecule has 128 valence electrons. The number of nitrogens with one attached hydrogen (secondary N) is 1. The van der Waals surface area contributed by atoms with Crippen LogP contribution >= 0.6 is 0 Å². The minimum absolute atomic E-state index is 0.0742. The number of anilines is 1. The lowest BCUT2D eigenvalue weighted by atomic mass is 10.1. The van der Waals surface area contributed by atoms with Crippen molar-refractivity contribution >= 4 is 11.6 Å². The van der Waals surface area contributed by atoms with E-state index in [2.05, 4.69) is 15.3 Å². The molecule has 0 saturated heterocycles. The quantitative estimate of drug-likeness (QED) is 0.807. The number of aliphatic hydroxyl groups is 1. The fraction of sp³-hybridized carbons (Fsp3) is 0.353. The molecule has 0 saturated carbocycles. The minimum atomic E-state index is -1.16. The van der Waals surface area contributed by atoms with Crippen LogP contribution in [-0.2, 0) is 11.2 Å². The molecule has 1 aromatic carbocycles. The van der Waals surface area contributed by atoms with Crippen molar-refractivity contribution in [2.45, 2.75) is 25.9 Å². The molecule has 0 bridgehead atoms. The normalized spacial score (nSPS) is 11.7. The van der Waals surface area contributed by atoms with Gasteiger partial charge in [0.2, 0.25) is 17.7 Å². The Morgan fingerprint density at radius 2 is 1.83 bits per heavy atom. The van der Waals surface area contributed by atoms with E-state index in [4.69, 9.17) is 9.47 Å². The third-order valence-electron chi connectivity index (χ3n) is 3.46. The van der Waals surface area contributed by atoms with Crippen LogP contribution in [0, 0.1) is 0 Å². The number of aromatic nitrogens is 2. The van der Waals surface area contributed by atoms with Gasteiger partial charge in [-0.2, -0.15) is 9.97 Å². The van der Waals surface area contributed by atoms with Crippen molar-refractivity contribution < 1.29 is 19.4 Å². The number of para-hydroxylation sites is 1. The lowest BCUT2D eigenvalue weighted by Gasteiger charge is -2.13. The zero-order chi connectivity index (χ0) is 17.5. The summed E-state index contributed by atoms with van der Waals surface area (Å²) in [6.45, 7) is 2.01. The number of hydrogen-bond acceptors (Lipinski definition) is 6. The minimum Gasteiger partial charge on any atom is -0.481 e. The first-order valence-corrected chi connectivity index (χ1v) is 7.60.